The topological polar surface area (TPSA) is 20.3 Å². The van der Waals surface area contributed by atoms with E-state index >= 15 is 0 Å². The number of halogens is 1. The van der Waals surface area contributed by atoms with Crippen LogP contribution in [-0.4, -0.2) is 18.9 Å². The Balaban J connectivity index is 3.13. The van der Waals surface area contributed by atoms with Crippen LogP contribution in [0.25, 0.3) is 0 Å². The van der Waals surface area contributed by atoms with E-state index in [0.29, 0.717) is 5.56 Å². The van der Waals surface area contributed by atoms with Gasteiger partial charge in [0.1, 0.15) is 5.82 Å². The molecule has 1 rings (SSSR count). The maximum Gasteiger partial charge on any atom is 0.159 e. The average Bonchev–Trinajstić information content (AvgIpc) is 2.18. The van der Waals surface area contributed by atoms with Crippen molar-refractivity contribution in [3.63, 3.8) is 0 Å². The molecule has 0 bridgehead atoms. The lowest BCUT2D eigenvalue weighted by Gasteiger charge is -2.21. The Kier molecular flexibility index (Phi) is 3.83. The van der Waals surface area contributed by atoms with E-state index in [4.69, 9.17) is 0 Å². The Bertz CT molecular complexity index is 359. The van der Waals surface area contributed by atoms with Gasteiger partial charge in [0.2, 0.25) is 0 Å². The fraction of sp³-hybridized carbons (Fsp3) is 0.417. The summed E-state index contributed by atoms with van der Waals surface area (Å²) in [6, 6.07) is 4.47. The van der Waals surface area contributed by atoms with Gasteiger partial charge in [0.15, 0.2) is 5.78 Å². The minimum Gasteiger partial charge on any atom is -0.372 e. The quantitative estimate of drug-likeness (QED) is 0.711. The first-order chi connectivity index (χ1) is 7.08. The van der Waals surface area contributed by atoms with Crippen molar-refractivity contribution in [3.05, 3.63) is 29.6 Å². The highest BCUT2D eigenvalue weighted by atomic mass is 19.1. The summed E-state index contributed by atoms with van der Waals surface area (Å²) in [6.45, 7) is 7.05. The number of benzene rings is 1. The molecule has 0 radical (unpaired) electrons. The third-order valence-corrected chi connectivity index (χ3v) is 2.42. The Morgan fingerprint density at radius 3 is 2.33 bits per heavy atom. The number of carbonyl (C=O) groups excluding carboxylic acids is 1. The van der Waals surface area contributed by atoms with Crippen molar-refractivity contribution >= 4 is 11.5 Å². The zero-order valence-corrected chi connectivity index (χ0v) is 9.38. The first kappa shape index (κ1) is 11.7. The third-order valence-electron chi connectivity index (χ3n) is 2.42. The summed E-state index contributed by atoms with van der Waals surface area (Å²) >= 11 is 0. The van der Waals surface area contributed by atoms with Gasteiger partial charge in [0.25, 0.3) is 0 Å². The zero-order chi connectivity index (χ0) is 11.4. The molecule has 1 aromatic carbocycles. The van der Waals surface area contributed by atoms with Gasteiger partial charge >= 0.3 is 0 Å². The van der Waals surface area contributed by atoms with Crippen molar-refractivity contribution in [1.82, 2.24) is 0 Å². The Labute approximate surface area is 89.7 Å². The summed E-state index contributed by atoms with van der Waals surface area (Å²) in [5.74, 6) is -0.465. The number of anilines is 1. The summed E-state index contributed by atoms with van der Waals surface area (Å²) in [4.78, 5) is 13.2. The molecule has 1 aromatic rings. The molecule has 0 N–H and O–H groups in total. The summed E-state index contributed by atoms with van der Waals surface area (Å²) in [6.07, 6.45) is 0. The van der Waals surface area contributed by atoms with Crippen LogP contribution in [0.1, 0.15) is 31.1 Å². The molecule has 82 valence electrons. The molecule has 0 amide bonds. The molecule has 0 aliphatic rings. The summed E-state index contributed by atoms with van der Waals surface area (Å²) in [5.41, 5.74) is 1.20. The fourth-order valence-electron chi connectivity index (χ4n) is 1.55. The molecule has 0 heterocycles. The number of carbonyl (C=O) groups is 1. The maximum atomic E-state index is 13.2. The molecule has 0 aliphatic heterocycles. The predicted octanol–water partition coefficient (Wildman–Crippen LogP) is 2.87. The molecule has 0 aromatic heterocycles. The van der Waals surface area contributed by atoms with E-state index < -0.39 is 0 Å². The lowest BCUT2D eigenvalue weighted by Crippen LogP contribution is -2.22. The number of ketones is 1. The lowest BCUT2D eigenvalue weighted by atomic mass is 10.1. The predicted molar refractivity (Wildman–Crippen MR) is 60.0 cm³/mol. The molecular formula is C12H16FNO. The van der Waals surface area contributed by atoms with Gasteiger partial charge in [-0.05, 0) is 39.0 Å². The molecule has 0 atom stereocenters. The van der Waals surface area contributed by atoms with Gasteiger partial charge in [0, 0.05) is 24.3 Å². The standard InChI is InChI=1S/C12H16FNO/c1-4-14(5-2)12-7-10(9(3)15)6-11(13)8-12/h6-8H,4-5H2,1-3H3. The minimum atomic E-state index is -0.357. The molecule has 15 heavy (non-hydrogen) atoms. The van der Waals surface area contributed by atoms with E-state index in [-0.39, 0.29) is 11.6 Å². The van der Waals surface area contributed by atoms with Crippen molar-refractivity contribution < 1.29 is 9.18 Å². The molecule has 2 nitrogen and oxygen atoms in total. The highest BCUT2D eigenvalue weighted by Gasteiger charge is 2.08. The highest BCUT2D eigenvalue weighted by molar-refractivity contribution is 5.95. The monoisotopic (exact) mass is 209 g/mol. The van der Waals surface area contributed by atoms with E-state index in [1.54, 1.807) is 6.07 Å². The van der Waals surface area contributed by atoms with Crippen molar-refractivity contribution in [3.8, 4) is 0 Å². The summed E-state index contributed by atoms with van der Waals surface area (Å²) in [7, 11) is 0. The van der Waals surface area contributed by atoms with Crippen LogP contribution in [0.3, 0.4) is 0 Å². The summed E-state index contributed by atoms with van der Waals surface area (Å²) < 4.78 is 13.2. The molecular weight excluding hydrogens is 193 g/mol. The molecule has 3 heteroatoms. The molecule has 0 saturated heterocycles. The Hall–Kier alpha value is -1.38. The van der Waals surface area contributed by atoms with Crippen molar-refractivity contribution in [2.75, 3.05) is 18.0 Å². The van der Waals surface area contributed by atoms with Crippen LogP contribution in [0, 0.1) is 5.82 Å². The van der Waals surface area contributed by atoms with Crippen LogP contribution in [-0.2, 0) is 0 Å². The second-order valence-corrected chi connectivity index (χ2v) is 3.43. The largest absolute Gasteiger partial charge is 0.372 e. The lowest BCUT2D eigenvalue weighted by molar-refractivity contribution is 0.101. The average molecular weight is 209 g/mol. The summed E-state index contributed by atoms with van der Waals surface area (Å²) in [5, 5.41) is 0. The third kappa shape index (κ3) is 2.78. The van der Waals surface area contributed by atoms with Gasteiger partial charge in [-0.1, -0.05) is 0 Å². The number of hydrogen-bond acceptors (Lipinski definition) is 2. The fourth-order valence-corrected chi connectivity index (χ4v) is 1.55. The van der Waals surface area contributed by atoms with Crippen LogP contribution >= 0.6 is 0 Å². The van der Waals surface area contributed by atoms with Gasteiger partial charge in [0.05, 0.1) is 0 Å². The Morgan fingerprint density at radius 1 is 1.27 bits per heavy atom. The number of Topliss-reactive ketones (excluding diaryl/α,β-unsaturated/α-hetero) is 1. The molecule has 0 spiro atoms. The second kappa shape index (κ2) is 4.91. The van der Waals surface area contributed by atoms with Crippen LogP contribution in [0.5, 0.6) is 0 Å². The normalized spacial score (nSPS) is 10.1. The van der Waals surface area contributed by atoms with Gasteiger partial charge in [-0.15, -0.1) is 0 Å². The van der Waals surface area contributed by atoms with E-state index in [1.807, 2.05) is 18.7 Å². The molecule has 0 saturated carbocycles. The molecule has 0 fully saturated rings. The van der Waals surface area contributed by atoms with E-state index in [9.17, 15) is 9.18 Å². The zero-order valence-electron chi connectivity index (χ0n) is 9.38. The first-order valence-corrected chi connectivity index (χ1v) is 5.15. The van der Waals surface area contributed by atoms with Gasteiger partial charge < -0.3 is 4.90 Å². The Morgan fingerprint density at radius 2 is 1.87 bits per heavy atom. The van der Waals surface area contributed by atoms with Crippen LogP contribution in [0.15, 0.2) is 18.2 Å². The van der Waals surface area contributed by atoms with Crippen molar-refractivity contribution in [1.29, 1.82) is 0 Å². The highest BCUT2D eigenvalue weighted by Crippen LogP contribution is 2.18. The number of rotatable bonds is 4. The van der Waals surface area contributed by atoms with Gasteiger partial charge in [-0.25, -0.2) is 4.39 Å². The smallest absolute Gasteiger partial charge is 0.159 e. The number of nitrogens with zero attached hydrogens (tertiary/aromatic N) is 1. The van der Waals surface area contributed by atoms with Crippen LogP contribution in [0.2, 0.25) is 0 Å². The van der Waals surface area contributed by atoms with Gasteiger partial charge in [-0.2, -0.15) is 0 Å². The van der Waals surface area contributed by atoms with E-state index in [0.717, 1.165) is 18.8 Å². The van der Waals surface area contributed by atoms with Crippen molar-refractivity contribution in [2.24, 2.45) is 0 Å². The van der Waals surface area contributed by atoms with Crippen LogP contribution < -0.4 is 4.90 Å². The minimum absolute atomic E-state index is 0.108. The van der Waals surface area contributed by atoms with E-state index in [1.165, 1.54) is 19.1 Å². The SMILES string of the molecule is CCN(CC)c1cc(F)cc(C(C)=O)c1. The second-order valence-electron chi connectivity index (χ2n) is 3.43. The molecule has 0 unspecified atom stereocenters. The molecule has 0 aliphatic carbocycles. The van der Waals surface area contributed by atoms with Crippen LogP contribution in [0.4, 0.5) is 10.1 Å². The maximum absolute atomic E-state index is 13.2. The van der Waals surface area contributed by atoms with Gasteiger partial charge in [-0.3, -0.25) is 4.79 Å². The van der Waals surface area contributed by atoms with Crippen molar-refractivity contribution in [2.45, 2.75) is 20.8 Å². The first-order valence-electron chi connectivity index (χ1n) is 5.15. The van der Waals surface area contributed by atoms with E-state index in [2.05, 4.69) is 0 Å². The number of hydrogen-bond donors (Lipinski definition) is 0.